The molecule has 2 rings (SSSR count). The molecule has 1 fully saturated rings. The van der Waals surface area contributed by atoms with Crippen LogP contribution in [0.2, 0.25) is 0 Å². The molecule has 88 valence electrons. The van der Waals surface area contributed by atoms with Gasteiger partial charge in [-0.15, -0.1) is 0 Å². The summed E-state index contributed by atoms with van der Waals surface area (Å²) in [5.74, 6) is -0.222. The fourth-order valence-corrected chi connectivity index (χ4v) is 2.04. The lowest BCUT2D eigenvalue weighted by atomic mass is 10.2. The quantitative estimate of drug-likeness (QED) is 0.833. The average molecular weight is 225 g/mol. The minimum atomic E-state index is -0.426. The van der Waals surface area contributed by atoms with E-state index in [1.165, 1.54) is 12.1 Å². The number of halogens is 1. The molecule has 4 heteroatoms. The molecule has 1 N–H and O–H groups in total. The Kier molecular flexibility index (Phi) is 3.53. The molecule has 2 atom stereocenters. The van der Waals surface area contributed by atoms with Crippen molar-refractivity contribution in [2.24, 2.45) is 0 Å². The number of methoxy groups -OCH3 is 1. The van der Waals surface area contributed by atoms with E-state index in [1.54, 1.807) is 19.2 Å². The van der Waals surface area contributed by atoms with Crippen LogP contribution in [0.3, 0.4) is 0 Å². The molecule has 1 saturated heterocycles. The van der Waals surface area contributed by atoms with Gasteiger partial charge >= 0.3 is 0 Å². The number of likely N-dealkylation sites (tertiary alicyclic amines) is 1. The van der Waals surface area contributed by atoms with Gasteiger partial charge in [0, 0.05) is 26.7 Å². The van der Waals surface area contributed by atoms with Gasteiger partial charge in [-0.3, -0.25) is 4.90 Å². The monoisotopic (exact) mass is 225 g/mol. The lowest BCUT2D eigenvalue weighted by Gasteiger charge is -2.14. The summed E-state index contributed by atoms with van der Waals surface area (Å²) in [6.45, 7) is 2.04. The van der Waals surface area contributed by atoms with Crippen LogP contribution in [-0.2, 0) is 11.3 Å². The number of benzene rings is 1. The molecule has 0 spiro atoms. The molecule has 0 aliphatic carbocycles. The Morgan fingerprint density at radius 2 is 2.06 bits per heavy atom. The first-order valence-corrected chi connectivity index (χ1v) is 5.36. The fraction of sp³-hybridized carbons (Fsp3) is 0.500. The van der Waals surface area contributed by atoms with Crippen LogP contribution in [0, 0.1) is 5.82 Å². The van der Waals surface area contributed by atoms with Crippen LogP contribution in [0.4, 0.5) is 4.39 Å². The highest BCUT2D eigenvalue weighted by Crippen LogP contribution is 2.16. The summed E-state index contributed by atoms with van der Waals surface area (Å²) in [7, 11) is 1.61. The zero-order chi connectivity index (χ0) is 11.5. The number of aliphatic hydroxyl groups is 1. The van der Waals surface area contributed by atoms with E-state index in [4.69, 9.17) is 4.74 Å². The van der Waals surface area contributed by atoms with Crippen LogP contribution in [0.5, 0.6) is 0 Å². The van der Waals surface area contributed by atoms with Gasteiger partial charge < -0.3 is 9.84 Å². The van der Waals surface area contributed by atoms with Gasteiger partial charge in [0.1, 0.15) is 5.82 Å². The summed E-state index contributed by atoms with van der Waals surface area (Å²) in [5, 5.41) is 9.65. The van der Waals surface area contributed by atoms with Crippen molar-refractivity contribution in [3.05, 3.63) is 35.6 Å². The highest BCUT2D eigenvalue weighted by Gasteiger charge is 2.30. The predicted molar refractivity (Wildman–Crippen MR) is 58.5 cm³/mol. The zero-order valence-corrected chi connectivity index (χ0v) is 9.27. The number of β-amino-alcohol motifs (C(OH)–C–C–N with tert-alkyl or cyclic N) is 1. The second-order valence-corrected chi connectivity index (χ2v) is 4.16. The van der Waals surface area contributed by atoms with Crippen molar-refractivity contribution in [3.63, 3.8) is 0 Å². The molecule has 0 bridgehead atoms. The van der Waals surface area contributed by atoms with E-state index in [2.05, 4.69) is 4.90 Å². The number of hydrogen-bond donors (Lipinski definition) is 1. The Labute approximate surface area is 94.4 Å². The molecule has 0 radical (unpaired) electrons. The van der Waals surface area contributed by atoms with E-state index in [-0.39, 0.29) is 11.9 Å². The summed E-state index contributed by atoms with van der Waals surface area (Å²) >= 11 is 0. The van der Waals surface area contributed by atoms with Crippen LogP contribution >= 0.6 is 0 Å². The van der Waals surface area contributed by atoms with Gasteiger partial charge in [-0.2, -0.15) is 0 Å². The maximum Gasteiger partial charge on any atom is 0.123 e. The summed E-state index contributed by atoms with van der Waals surface area (Å²) < 4.78 is 17.9. The number of hydrogen-bond acceptors (Lipinski definition) is 3. The molecule has 1 aromatic rings. The van der Waals surface area contributed by atoms with Gasteiger partial charge in [0.15, 0.2) is 0 Å². The van der Waals surface area contributed by atoms with E-state index in [1.807, 2.05) is 0 Å². The molecule has 16 heavy (non-hydrogen) atoms. The van der Waals surface area contributed by atoms with Crippen molar-refractivity contribution in [1.82, 2.24) is 4.90 Å². The Morgan fingerprint density at radius 3 is 2.62 bits per heavy atom. The minimum Gasteiger partial charge on any atom is -0.389 e. The van der Waals surface area contributed by atoms with Crippen molar-refractivity contribution in [3.8, 4) is 0 Å². The zero-order valence-electron chi connectivity index (χ0n) is 9.27. The standard InChI is InChI=1S/C12H16FNO2/c1-16-12-8-14(7-11(12)15)6-9-2-4-10(13)5-3-9/h2-5,11-12,15H,6-8H2,1H3/t11-,12-/m1/s1. The molecule has 1 aromatic carbocycles. The first kappa shape index (κ1) is 11.5. The highest BCUT2D eigenvalue weighted by molar-refractivity contribution is 5.16. The maximum atomic E-state index is 12.7. The molecule has 0 amide bonds. The Morgan fingerprint density at radius 1 is 1.38 bits per heavy atom. The topological polar surface area (TPSA) is 32.7 Å². The van der Waals surface area contributed by atoms with E-state index in [9.17, 15) is 9.50 Å². The first-order chi connectivity index (χ1) is 7.69. The molecule has 3 nitrogen and oxygen atoms in total. The molecule has 1 aliphatic rings. The summed E-state index contributed by atoms with van der Waals surface area (Å²) in [6.07, 6.45) is -0.536. The van der Waals surface area contributed by atoms with Crippen LogP contribution in [-0.4, -0.2) is 42.4 Å². The third-order valence-electron chi connectivity index (χ3n) is 2.93. The fourth-order valence-electron chi connectivity index (χ4n) is 2.04. The first-order valence-electron chi connectivity index (χ1n) is 5.36. The Balaban J connectivity index is 1.94. The van der Waals surface area contributed by atoms with Crippen molar-refractivity contribution in [2.45, 2.75) is 18.8 Å². The van der Waals surface area contributed by atoms with Gasteiger partial charge in [-0.05, 0) is 17.7 Å². The smallest absolute Gasteiger partial charge is 0.123 e. The SMILES string of the molecule is CO[C@@H]1CN(Cc2ccc(F)cc2)C[C@H]1O. The van der Waals surface area contributed by atoms with Gasteiger partial charge in [-0.25, -0.2) is 4.39 Å². The van der Waals surface area contributed by atoms with Crippen molar-refractivity contribution < 1.29 is 14.2 Å². The summed E-state index contributed by atoms with van der Waals surface area (Å²) in [5.41, 5.74) is 1.05. The lowest BCUT2D eigenvalue weighted by molar-refractivity contribution is 0.0215. The van der Waals surface area contributed by atoms with Crippen molar-refractivity contribution in [1.29, 1.82) is 0 Å². The summed E-state index contributed by atoms with van der Waals surface area (Å²) in [4.78, 5) is 2.10. The molecular weight excluding hydrogens is 209 g/mol. The van der Waals surface area contributed by atoms with E-state index >= 15 is 0 Å². The molecular formula is C12H16FNO2. The molecule has 0 saturated carbocycles. The number of aliphatic hydroxyl groups excluding tert-OH is 1. The Hall–Kier alpha value is -0.970. The van der Waals surface area contributed by atoms with E-state index in [0.717, 1.165) is 18.7 Å². The number of nitrogens with zero attached hydrogens (tertiary/aromatic N) is 1. The second-order valence-electron chi connectivity index (χ2n) is 4.16. The van der Waals surface area contributed by atoms with Crippen molar-refractivity contribution in [2.75, 3.05) is 20.2 Å². The van der Waals surface area contributed by atoms with Crippen LogP contribution < -0.4 is 0 Å². The van der Waals surface area contributed by atoms with E-state index < -0.39 is 6.10 Å². The Bertz CT molecular complexity index is 341. The third kappa shape index (κ3) is 2.58. The second kappa shape index (κ2) is 4.91. The van der Waals surface area contributed by atoms with Crippen LogP contribution in [0.1, 0.15) is 5.56 Å². The predicted octanol–water partition coefficient (Wildman–Crippen LogP) is 1.02. The normalized spacial score (nSPS) is 26.2. The highest BCUT2D eigenvalue weighted by atomic mass is 19.1. The van der Waals surface area contributed by atoms with Gasteiger partial charge in [0.2, 0.25) is 0 Å². The van der Waals surface area contributed by atoms with Gasteiger partial charge in [0.25, 0.3) is 0 Å². The molecule has 0 aromatic heterocycles. The molecule has 0 unspecified atom stereocenters. The van der Waals surface area contributed by atoms with Gasteiger partial charge in [-0.1, -0.05) is 12.1 Å². The molecule has 1 heterocycles. The summed E-state index contributed by atoms with van der Waals surface area (Å²) in [6, 6.07) is 6.44. The lowest BCUT2D eigenvalue weighted by Crippen LogP contribution is -2.25. The maximum absolute atomic E-state index is 12.7. The van der Waals surface area contributed by atoms with Gasteiger partial charge in [0.05, 0.1) is 12.2 Å². The third-order valence-corrected chi connectivity index (χ3v) is 2.93. The van der Waals surface area contributed by atoms with Crippen LogP contribution in [0.15, 0.2) is 24.3 Å². The van der Waals surface area contributed by atoms with E-state index in [0.29, 0.717) is 6.54 Å². The number of rotatable bonds is 3. The molecule has 1 aliphatic heterocycles. The average Bonchev–Trinajstić information content (AvgIpc) is 2.62. The minimum absolute atomic E-state index is 0.111. The number of ether oxygens (including phenoxy) is 1. The van der Waals surface area contributed by atoms with Crippen LogP contribution in [0.25, 0.3) is 0 Å². The largest absolute Gasteiger partial charge is 0.389 e. The van der Waals surface area contributed by atoms with Crippen molar-refractivity contribution >= 4 is 0 Å².